The lowest BCUT2D eigenvalue weighted by Crippen LogP contribution is -2.35. The molecule has 0 bridgehead atoms. The number of allylic oxidation sites excluding steroid dienone is 2. The Morgan fingerprint density at radius 2 is 1.53 bits per heavy atom. The number of hydrogen-bond donors (Lipinski definition) is 0. The molecule has 1 aliphatic carbocycles. The highest BCUT2D eigenvalue weighted by Crippen LogP contribution is 2.45. The van der Waals surface area contributed by atoms with Crippen LogP contribution < -0.4 is 4.74 Å². The molecule has 1 aliphatic rings. The van der Waals surface area contributed by atoms with Gasteiger partial charge < -0.3 is 28.4 Å². The summed E-state index contributed by atoms with van der Waals surface area (Å²) in [7, 11) is 0. The van der Waals surface area contributed by atoms with E-state index in [1.54, 1.807) is 0 Å². The first-order valence-electron chi connectivity index (χ1n) is 10.5. The summed E-state index contributed by atoms with van der Waals surface area (Å²) >= 11 is 14.4. The maximum Gasteiger partial charge on any atom is 0.508 e. The summed E-state index contributed by atoms with van der Waals surface area (Å²) in [5.41, 5.74) is 1.84. The number of ether oxygens (including phenoxy) is 6. The van der Waals surface area contributed by atoms with Gasteiger partial charge in [0.15, 0.2) is 0 Å². The molecule has 1 aromatic rings. The Bertz CT molecular complexity index is 1010. The Hall–Kier alpha value is -1.60. The van der Waals surface area contributed by atoms with Crippen molar-refractivity contribution in [2.75, 3.05) is 39.6 Å². The first-order chi connectivity index (χ1) is 17.2. The molecule has 36 heavy (non-hydrogen) atoms. The Labute approximate surface area is 243 Å². The van der Waals surface area contributed by atoms with Crippen molar-refractivity contribution in [3.63, 3.8) is 0 Å². The highest BCUT2D eigenvalue weighted by Gasteiger charge is 2.38. The van der Waals surface area contributed by atoms with Crippen molar-refractivity contribution in [1.82, 2.24) is 0 Å². The fourth-order valence-corrected chi connectivity index (χ4v) is 5.89. The van der Waals surface area contributed by atoms with Gasteiger partial charge in [-0.15, -0.1) is 0 Å². The molecule has 0 heterocycles. The molecular weight excluding hydrogens is 736 g/mol. The maximum atomic E-state index is 11.4. The summed E-state index contributed by atoms with van der Waals surface area (Å²) < 4.78 is 31.7. The number of halogens is 4. The second-order valence-electron chi connectivity index (χ2n) is 6.94. The van der Waals surface area contributed by atoms with E-state index in [1.807, 2.05) is 30.4 Å². The van der Waals surface area contributed by atoms with E-state index in [2.05, 4.69) is 76.9 Å². The quantitative estimate of drug-likeness (QED) is 0.0916. The van der Waals surface area contributed by atoms with Crippen LogP contribution in [0.2, 0.25) is 0 Å². The van der Waals surface area contributed by atoms with Crippen LogP contribution in [0.15, 0.2) is 64.6 Å². The van der Waals surface area contributed by atoms with Crippen molar-refractivity contribution in [3.05, 3.63) is 70.2 Å². The Balaban J connectivity index is 1.92. The first-order valence-corrected chi connectivity index (χ1v) is 13.7. The Kier molecular flexibility index (Phi) is 13.3. The summed E-state index contributed by atoms with van der Waals surface area (Å²) in [4.78, 5) is 22.7. The van der Waals surface area contributed by atoms with Crippen molar-refractivity contribution in [1.29, 1.82) is 0 Å². The largest absolute Gasteiger partial charge is 0.508 e. The predicted molar refractivity (Wildman–Crippen MR) is 150 cm³/mol. The van der Waals surface area contributed by atoms with Gasteiger partial charge in [0.25, 0.3) is 0 Å². The first kappa shape index (κ1) is 30.6. The van der Waals surface area contributed by atoms with Gasteiger partial charge in [0.05, 0.1) is 11.1 Å². The van der Waals surface area contributed by atoms with E-state index in [4.69, 9.17) is 28.4 Å². The molecule has 196 valence electrons. The summed E-state index contributed by atoms with van der Waals surface area (Å²) in [5, 5.41) is 0. The molecule has 8 nitrogen and oxygen atoms in total. The zero-order valence-corrected chi connectivity index (χ0v) is 25.4. The van der Waals surface area contributed by atoms with Gasteiger partial charge in [-0.1, -0.05) is 79.2 Å². The number of carbonyl (C=O) groups excluding carboxylic acids is 2. The number of alkyl halides is 2. The monoisotopic (exact) mass is 756 g/mol. The van der Waals surface area contributed by atoms with E-state index in [0.717, 1.165) is 20.1 Å². The van der Waals surface area contributed by atoms with Crippen molar-refractivity contribution in [2.45, 2.75) is 9.34 Å². The van der Waals surface area contributed by atoms with Crippen LogP contribution in [0.5, 0.6) is 5.75 Å². The van der Waals surface area contributed by atoms with E-state index in [1.165, 1.54) is 12.2 Å². The van der Waals surface area contributed by atoms with E-state index in [0.29, 0.717) is 5.75 Å². The van der Waals surface area contributed by atoms with Crippen LogP contribution in [-0.4, -0.2) is 61.3 Å². The van der Waals surface area contributed by atoms with Crippen molar-refractivity contribution in [2.24, 2.45) is 0 Å². The summed E-state index contributed by atoms with van der Waals surface area (Å²) in [5.74, 6) is 0.595. The van der Waals surface area contributed by atoms with E-state index in [-0.39, 0.29) is 39.6 Å². The molecule has 0 saturated heterocycles. The zero-order chi connectivity index (χ0) is 26.6. The molecule has 0 fully saturated rings. The lowest BCUT2D eigenvalue weighted by Gasteiger charge is -2.32. The van der Waals surface area contributed by atoms with Crippen LogP contribution in [0, 0.1) is 0 Å². The molecule has 0 amide bonds. The molecule has 1 atom stereocenters. The minimum atomic E-state index is -0.778. The smallest absolute Gasteiger partial charge is 0.489 e. The summed E-state index contributed by atoms with van der Waals surface area (Å²) in [6.45, 7) is 7.50. The van der Waals surface area contributed by atoms with Crippen LogP contribution in [0.1, 0.15) is 5.56 Å². The molecule has 12 heteroatoms. The van der Waals surface area contributed by atoms with E-state index in [9.17, 15) is 9.59 Å². The molecule has 0 spiro atoms. The highest BCUT2D eigenvalue weighted by molar-refractivity contribution is 9.25. The van der Waals surface area contributed by atoms with Gasteiger partial charge in [-0.25, -0.2) is 9.59 Å². The maximum absolute atomic E-state index is 11.4. The lowest BCUT2D eigenvalue weighted by atomic mass is 9.98. The molecule has 0 aromatic heterocycles. The average Bonchev–Trinajstić information content (AvgIpc) is 2.83. The Morgan fingerprint density at radius 1 is 0.917 bits per heavy atom. The normalized spacial score (nSPS) is 16.2. The molecular formula is C24H24Br4O8. The molecule has 1 unspecified atom stereocenters. The number of carbonyl (C=O) groups is 2. The van der Waals surface area contributed by atoms with Crippen LogP contribution in [0.3, 0.4) is 0 Å². The number of hydrogen-bond acceptors (Lipinski definition) is 8. The van der Waals surface area contributed by atoms with E-state index >= 15 is 0 Å². The van der Waals surface area contributed by atoms with Crippen molar-refractivity contribution >= 4 is 81.6 Å². The third-order valence-corrected chi connectivity index (χ3v) is 6.85. The fourth-order valence-electron chi connectivity index (χ4n) is 2.79. The van der Waals surface area contributed by atoms with Gasteiger partial charge in [-0.3, -0.25) is 0 Å². The molecule has 2 rings (SSSR count). The standard InChI is InChI=1S/C24H24Br4O8/c1-3-7-33-22(29)35-11-9-31-20-6-5-16(13-18(20)25)17-14-19(26)21(24(27,28)15-17)32-10-12-36-23(30)34-8-4-2/h3-6,13-15,21H,1-2,7-12H2. The minimum absolute atomic E-state index is 0.0366. The second kappa shape index (κ2) is 15.6. The van der Waals surface area contributed by atoms with Gasteiger partial charge in [0.1, 0.15) is 48.1 Å². The SMILES string of the molecule is C=CCOC(=O)OCCOc1ccc(C2=CC(Br)(Br)C(OCCOC(=O)OCC=C)C(Br)=C2)cc1Br. The van der Waals surface area contributed by atoms with Crippen LogP contribution in [0.25, 0.3) is 5.57 Å². The molecule has 0 N–H and O–H groups in total. The lowest BCUT2D eigenvalue weighted by molar-refractivity contribution is 0.0170. The molecule has 1 aromatic carbocycles. The fraction of sp³-hybridized carbons (Fsp3) is 0.333. The minimum Gasteiger partial charge on any atom is -0.489 e. The van der Waals surface area contributed by atoms with Crippen LogP contribution in [-0.2, 0) is 23.7 Å². The van der Waals surface area contributed by atoms with Gasteiger partial charge in [-0.05, 0) is 51.4 Å². The highest BCUT2D eigenvalue weighted by atomic mass is 79.9. The summed E-state index contributed by atoms with van der Waals surface area (Å²) in [6, 6.07) is 5.63. The Morgan fingerprint density at radius 3 is 2.08 bits per heavy atom. The molecule has 0 aliphatic heterocycles. The third kappa shape index (κ3) is 10.0. The van der Waals surface area contributed by atoms with Crippen LogP contribution >= 0.6 is 63.7 Å². The second-order valence-corrected chi connectivity index (χ2v) is 12.4. The number of benzene rings is 1. The third-order valence-electron chi connectivity index (χ3n) is 4.29. The van der Waals surface area contributed by atoms with Gasteiger partial charge in [-0.2, -0.15) is 0 Å². The van der Waals surface area contributed by atoms with Gasteiger partial charge >= 0.3 is 12.3 Å². The molecule has 0 saturated carbocycles. The average molecular weight is 760 g/mol. The topological polar surface area (TPSA) is 89.5 Å². The van der Waals surface area contributed by atoms with E-state index < -0.39 is 21.6 Å². The van der Waals surface area contributed by atoms with Crippen molar-refractivity contribution in [3.8, 4) is 5.75 Å². The molecule has 0 radical (unpaired) electrons. The number of rotatable bonds is 13. The van der Waals surface area contributed by atoms with Gasteiger partial charge in [0, 0.05) is 4.48 Å². The predicted octanol–water partition coefficient (Wildman–Crippen LogP) is 7.05. The summed E-state index contributed by atoms with van der Waals surface area (Å²) in [6.07, 6.45) is 4.84. The van der Waals surface area contributed by atoms with Crippen LogP contribution in [0.4, 0.5) is 9.59 Å². The zero-order valence-electron chi connectivity index (χ0n) is 19.1. The van der Waals surface area contributed by atoms with Crippen molar-refractivity contribution < 1.29 is 38.0 Å². The van der Waals surface area contributed by atoms with Gasteiger partial charge in [0.2, 0.25) is 0 Å².